The molecule has 0 saturated heterocycles. The van der Waals surface area contributed by atoms with Gasteiger partial charge in [-0.1, -0.05) is 0 Å². The first kappa shape index (κ1) is 18.5. The number of nitriles is 1. The van der Waals surface area contributed by atoms with E-state index < -0.39 is 18.0 Å². The summed E-state index contributed by atoms with van der Waals surface area (Å²) in [5, 5.41) is 13.7. The summed E-state index contributed by atoms with van der Waals surface area (Å²) >= 11 is 1.23. The molecule has 136 valence electrons. The van der Waals surface area contributed by atoms with Gasteiger partial charge in [-0.3, -0.25) is 4.79 Å². The number of hydrogen-bond acceptors (Lipinski definition) is 7. The second kappa shape index (κ2) is 7.51. The first-order valence-corrected chi connectivity index (χ1v) is 9.01. The van der Waals surface area contributed by atoms with Gasteiger partial charge in [-0.25, -0.2) is 14.8 Å². The minimum Gasteiger partial charge on any atom is -0.449 e. The molecule has 7 nitrogen and oxygen atoms in total. The summed E-state index contributed by atoms with van der Waals surface area (Å²) in [7, 11) is 0. The quantitative estimate of drug-likeness (QED) is 0.696. The number of carbonyl (C=O) groups excluding carboxylic acids is 2. The van der Waals surface area contributed by atoms with Crippen LogP contribution in [0.15, 0.2) is 29.6 Å². The number of aryl methyl sites for hydroxylation is 2. The number of nitrogens with zero attached hydrogens (tertiary/aromatic N) is 3. The summed E-state index contributed by atoms with van der Waals surface area (Å²) in [6.45, 7) is 5.19. The average molecular weight is 380 g/mol. The van der Waals surface area contributed by atoms with Crippen molar-refractivity contribution in [1.82, 2.24) is 9.97 Å². The summed E-state index contributed by atoms with van der Waals surface area (Å²) in [5.41, 5.74) is 3.53. The van der Waals surface area contributed by atoms with Gasteiger partial charge in [-0.15, -0.1) is 11.3 Å². The molecule has 2 aromatic heterocycles. The Morgan fingerprint density at radius 3 is 2.59 bits per heavy atom. The van der Waals surface area contributed by atoms with E-state index in [1.54, 1.807) is 29.6 Å². The highest BCUT2D eigenvalue weighted by atomic mass is 32.1. The Balaban J connectivity index is 1.72. The van der Waals surface area contributed by atoms with Crippen LogP contribution >= 0.6 is 11.3 Å². The smallest absolute Gasteiger partial charge is 0.338 e. The molecule has 2 heterocycles. The van der Waals surface area contributed by atoms with Crippen LogP contribution in [0, 0.1) is 25.2 Å². The molecule has 27 heavy (non-hydrogen) atoms. The molecule has 0 saturated carbocycles. The van der Waals surface area contributed by atoms with Crippen molar-refractivity contribution in [1.29, 1.82) is 5.26 Å². The molecule has 1 amide bonds. The number of hydrogen-bond donors (Lipinski definition) is 1. The van der Waals surface area contributed by atoms with E-state index >= 15 is 0 Å². The highest BCUT2D eigenvalue weighted by Gasteiger charge is 2.21. The zero-order valence-electron chi connectivity index (χ0n) is 14.9. The highest BCUT2D eigenvalue weighted by molar-refractivity contribution is 7.14. The molecule has 1 aromatic carbocycles. The van der Waals surface area contributed by atoms with Gasteiger partial charge < -0.3 is 10.1 Å². The van der Waals surface area contributed by atoms with Crippen molar-refractivity contribution in [2.75, 3.05) is 5.32 Å². The standard InChI is InChI=1S/C19H16N4O3S/c1-10-11(2)22-16-8-13(4-5-15(16)21-10)19(25)26-12(3)17(24)23-18-14(9-20)6-7-27-18/h4-8,12H,1-3H3,(H,23,24)/t12-/m0/s1. The highest BCUT2D eigenvalue weighted by Crippen LogP contribution is 2.22. The molecule has 3 aromatic rings. The molecule has 0 spiro atoms. The lowest BCUT2D eigenvalue weighted by atomic mass is 10.2. The monoisotopic (exact) mass is 380 g/mol. The minimum atomic E-state index is -1.02. The number of aromatic nitrogens is 2. The second-order valence-electron chi connectivity index (χ2n) is 5.91. The largest absolute Gasteiger partial charge is 0.449 e. The first-order chi connectivity index (χ1) is 12.9. The molecule has 0 aliphatic heterocycles. The predicted octanol–water partition coefficient (Wildman–Crippen LogP) is 3.36. The topological polar surface area (TPSA) is 105 Å². The minimum absolute atomic E-state index is 0.286. The van der Waals surface area contributed by atoms with Crippen molar-refractivity contribution in [3.05, 3.63) is 52.2 Å². The molecule has 1 atom stereocenters. The van der Waals surface area contributed by atoms with Crippen LogP contribution < -0.4 is 5.32 Å². The maximum Gasteiger partial charge on any atom is 0.338 e. The third-order valence-electron chi connectivity index (χ3n) is 3.99. The molecular formula is C19H16N4O3S. The van der Waals surface area contributed by atoms with Crippen LogP contribution in [-0.2, 0) is 9.53 Å². The Kier molecular flexibility index (Phi) is 5.14. The summed E-state index contributed by atoms with van der Waals surface area (Å²) in [6.07, 6.45) is -1.02. The Morgan fingerprint density at radius 1 is 1.19 bits per heavy atom. The van der Waals surface area contributed by atoms with Gasteiger partial charge >= 0.3 is 5.97 Å². The first-order valence-electron chi connectivity index (χ1n) is 8.13. The van der Waals surface area contributed by atoms with E-state index in [2.05, 4.69) is 15.3 Å². The number of anilines is 1. The number of nitrogens with one attached hydrogen (secondary N) is 1. The normalized spacial score (nSPS) is 11.6. The number of esters is 1. The van der Waals surface area contributed by atoms with Gasteiger partial charge in [0.15, 0.2) is 6.10 Å². The molecule has 3 rings (SSSR count). The lowest BCUT2D eigenvalue weighted by molar-refractivity contribution is -0.123. The van der Waals surface area contributed by atoms with Crippen LogP contribution in [0.4, 0.5) is 5.00 Å². The SMILES string of the molecule is Cc1nc2ccc(C(=O)O[C@@H](C)C(=O)Nc3sccc3C#N)cc2nc1C. The number of fused-ring (bicyclic) bond motifs is 1. The molecule has 0 aliphatic carbocycles. The Bertz CT molecular complexity index is 1080. The van der Waals surface area contributed by atoms with Gasteiger partial charge in [-0.2, -0.15) is 5.26 Å². The van der Waals surface area contributed by atoms with E-state index in [0.717, 1.165) is 11.4 Å². The molecule has 0 radical (unpaired) electrons. The van der Waals surface area contributed by atoms with E-state index in [4.69, 9.17) is 10.00 Å². The van der Waals surface area contributed by atoms with Crippen LogP contribution in [0.1, 0.15) is 34.2 Å². The summed E-state index contributed by atoms with van der Waals surface area (Å²) in [5.74, 6) is -1.14. The van der Waals surface area contributed by atoms with E-state index in [-0.39, 0.29) is 5.56 Å². The number of ether oxygens (including phenoxy) is 1. The Hall–Kier alpha value is -3.31. The lowest BCUT2D eigenvalue weighted by Gasteiger charge is -2.13. The summed E-state index contributed by atoms with van der Waals surface area (Å²) in [6, 6.07) is 8.47. The summed E-state index contributed by atoms with van der Waals surface area (Å²) in [4.78, 5) is 33.4. The van der Waals surface area contributed by atoms with E-state index in [1.807, 2.05) is 19.9 Å². The van der Waals surface area contributed by atoms with E-state index in [1.165, 1.54) is 18.3 Å². The van der Waals surface area contributed by atoms with Gasteiger partial charge in [0.25, 0.3) is 5.91 Å². The fourth-order valence-corrected chi connectivity index (χ4v) is 3.09. The molecule has 8 heteroatoms. The van der Waals surface area contributed by atoms with Gasteiger partial charge in [0.2, 0.25) is 0 Å². The van der Waals surface area contributed by atoms with Crippen molar-refractivity contribution >= 4 is 39.2 Å². The van der Waals surface area contributed by atoms with Gasteiger partial charge in [0, 0.05) is 0 Å². The van der Waals surface area contributed by atoms with Crippen molar-refractivity contribution in [2.45, 2.75) is 26.9 Å². The second-order valence-corrected chi connectivity index (χ2v) is 6.83. The van der Waals surface area contributed by atoms with Crippen LogP contribution in [0.3, 0.4) is 0 Å². The molecule has 0 aliphatic rings. The van der Waals surface area contributed by atoms with E-state index in [0.29, 0.717) is 21.6 Å². The van der Waals surface area contributed by atoms with Crippen molar-refractivity contribution in [2.24, 2.45) is 0 Å². The number of rotatable bonds is 4. The van der Waals surface area contributed by atoms with Crippen LogP contribution in [0.5, 0.6) is 0 Å². The maximum absolute atomic E-state index is 12.4. The van der Waals surface area contributed by atoms with Crippen molar-refractivity contribution in [3.63, 3.8) is 0 Å². The number of thiophene rings is 1. The fourth-order valence-electron chi connectivity index (χ4n) is 2.35. The molecule has 0 bridgehead atoms. The third-order valence-corrected chi connectivity index (χ3v) is 4.82. The molecule has 0 fully saturated rings. The molecular weight excluding hydrogens is 364 g/mol. The zero-order valence-corrected chi connectivity index (χ0v) is 15.8. The predicted molar refractivity (Wildman–Crippen MR) is 102 cm³/mol. The van der Waals surface area contributed by atoms with Gasteiger partial charge in [-0.05, 0) is 50.4 Å². The van der Waals surface area contributed by atoms with Crippen LogP contribution in [0.25, 0.3) is 11.0 Å². The van der Waals surface area contributed by atoms with Crippen LogP contribution in [0.2, 0.25) is 0 Å². The third kappa shape index (κ3) is 3.93. The summed E-state index contributed by atoms with van der Waals surface area (Å²) < 4.78 is 5.25. The number of amides is 1. The van der Waals surface area contributed by atoms with Crippen molar-refractivity contribution < 1.29 is 14.3 Å². The average Bonchev–Trinajstić information content (AvgIpc) is 3.09. The number of benzene rings is 1. The Labute approximate surface area is 159 Å². The van der Waals surface area contributed by atoms with E-state index in [9.17, 15) is 9.59 Å². The van der Waals surface area contributed by atoms with Gasteiger partial charge in [0.05, 0.1) is 33.5 Å². The maximum atomic E-state index is 12.4. The number of carbonyl (C=O) groups is 2. The van der Waals surface area contributed by atoms with Gasteiger partial charge in [0.1, 0.15) is 11.1 Å². The fraction of sp³-hybridized carbons (Fsp3) is 0.211. The molecule has 0 unspecified atom stereocenters. The zero-order chi connectivity index (χ0) is 19.6. The van der Waals surface area contributed by atoms with Crippen LogP contribution in [-0.4, -0.2) is 27.9 Å². The Morgan fingerprint density at radius 2 is 1.89 bits per heavy atom. The van der Waals surface area contributed by atoms with Crippen molar-refractivity contribution in [3.8, 4) is 6.07 Å². The lowest BCUT2D eigenvalue weighted by Crippen LogP contribution is -2.29. The molecule has 1 N–H and O–H groups in total.